The maximum atomic E-state index is 10.7. The van der Waals surface area contributed by atoms with Crippen LogP contribution in [0.25, 0.3) is 0 Å². The van der Waals surface area contributed by atoms with Crippen molar-refractivity contribution in [2.24, 2.45) is 5.73 Å². The number of rotatable bonds is 4. The molecule has 0 aromatic rings. The predicted octanol–water partition coefficient (Wildman–Crippen LogP) is -0.395. The first-order valence-electron chi connectivity index (χ1n) is 3.24. The second-order valence-corrected chi connectivity index (χ2v) is 2.78. The number of hydrogen-bond donors (Lipinski definition) is 2. The molecule has 0 spiro atoms. The number of carbonyl (C=O) groups excluding carboxylic acids is 2. The van der Waals surface area contributed by atoms with Gasteiger partial charge in [0.15, 0.2) is 0 Å². The summed E-state index contributed by atoms with van der Waals surface area (Å²) in [6.07, 6.45) is 0.148. The van der Waals surface area contributed by atoms with Gasteiger partial charge in [-0.15, -0.1) is 11.6 Å². The summed E-state index contributed by atoms with van der Waals surface area (Å²) in [6.45, 7) is 1.81. The summed E-state index contributed by atoms with van der Waals surface area (Å²) in [7, 11) is 0. The van der Waals surface area contributed by atoms with Gasteiger partial charge in [-0.1, -0.05) is 0 Å². The van der Waals surface area contributed by atoms with Gasteiger partial charge in [-0.25, -0.2) is 0 Å². The third-order valence-corrected chi connectivity index (χ3v) is 1.23. The SMILES string of the molecule is CC(Cl)C(=O)NCCC(N)=O. The molecule has 4 nitrogen and oxygen atoms in total. The minimum absolute atomic E-state index is 0.148. The zero-order chi connectivity index (χ0) is 8.85. The Morgan fingerprint density at radius 3 is 2.55 bits per heavy atom. The monoisotopic (exact) mass is 178 g/mol. The molecule has 0 saturated carbocycles. The second-order valence-electron chi connectivity index (χ2n) is 2.12. The number of primary amides is 1. The summed E-state index contributed by atoms with van der Waals surface area (Å²) in [5, 5.41) is 1.87. The Labute approximate surface area is 70.1 Å². The van der Waals surface area contributed by atoms with Crippen LogP contribution in [0.3, 0.4) is 0 Å². The van der Waals surface area contributed by atoms with Crippen molar-refractivity contribution in [3.05, 3.63) is 0 Å². The molecule has 1 unspecified atom stereocenters. The van der Waals surface area contributed by atoms with Gasteiger partial charge >= 0.3 is 0 Å². The number of nitrogens with one attached hydrogen (secondary N) is 1. The number of alkyl halides is 1. The van der Waals surface area contributed by atoms with E-state index in [1.807, 2.05) is 0 Å². The molecule has 0 aliphatic heterocycles. The Hall–Kier alpha value is -0.770. The maximum absolute atomic E-state index is 10.7. The van der Waals surface area contributed by atoms with Crippen molar-refractivity contribution in [3.63, 3.8) is 0 Å². The highest BCUT2D eigenvalue weighted by Crippen LogP contribution is 1.91. The molecule has 0 aliphatic carbocycles. The average molecular weight is 179 g/mol. The lowest BCUT2D eigenvalue weighted by molar-refractivity contribution is -0.120. The quantitative estimate of drug-likeness (QED) is 0.576. The van der Waals surface area contributed by atoms with E-state index in [0.717, 1.165) is 0 Å². The minimum atomic E-state index is -0.567. The molecule has 1 atom stereocenters. The fraction of sp³-hybridized carbons (Fsp3) is 0.667. The molecule has 5 heteroatoms. The fourth-order valence-corrected chi connectivity index (χ4v) is 0.527. The molecule has 11 heavy (non-hydrogen) atoms. The van der Waals surface area contributed by atoms with Gasteiger partial charge in [0.1, 0.15) is 5.38 Å². The summed E-state index contributed by atoms with van der Waals surface area (Å²) in [6, 6.07) is 0. The van der Waals surface area contributed by atoms with Crippen LogP contribution < -0.4 is 11.1 Å². The van der Waals surface area contributed by atoms with Crippen molar-refractivity contribution in [2.75, 3.05) is 6.54 Å². The van der Waals surface area contributed by atoms with Crippen molar-refractivity contribution in [3.8, 4) is 0 Å². The van der Waals surface area contributed by atoms with Gasteiger partial charge in [0, 0.05) is 13.0 Å². The molecular weight excluding hydrogens is 168 g/mol. The molecule has 3 N–H and O–H groups in total. The highest BCUT2D eigenvalue weighted by atomic mass is 35.5. The summed E-state index contributed by atoms with van der Waals surface area (Å²) >= 11 is 5.42. The lowest BCUT2D eigenvalue weighted by Crippen LogP contribution is -2.32. The minimum Gasteiger partial charge on any atom is -0.370 e. The standard InChI is InChI=1S/C6H11ClN2O2/c1-4(7)6(11)9-3-2-5(8)10/h4H,2-3H2,1H3,(H2,8,10)(H,9,11). The molecular formula is C6H11ClN2O2. The van der Waals surface area contributed by atoms with Crippen molar-refractivity contribution < 1.29 is 9.59 Å². The summed E-state index contributed by atoms with van der Waals surface area (Å²) in [5.41, 5.74) is 4.83. The Balaban J connectivity index is 3.39. The van der Waals surface area contributed by atoms with Gasteiger partial charge < -0.3 is 11.1 Å². The largest absolute Gasteiger partial charge is 0.370 e. The second kappa shape index (κ2) is 4.96. The van der Waals surface area contributed by atoms with Crippen LogP contribution in [-0.2, 0) is 9.59 Å². The van der Waals surface area contributed by atoms with Crippen LogP contribution in [0.4, 0.5) is 0 Å². The number of amides is 2. The molecule has 0 rings (SSSR count). The van der Waals surface area contributed by atoms with Crippen LogP contribution >= 0.6 is 11.6 Å². The van der Waals surface area contributed by atoms with Gasteiger partial charge in [-0.05, 0) is 6.92 Å². The van der Waals surface area contributed by atoms with Crippen LogP contribution in [-0.4, -0.2) is 23.7 Å². The van der Waals surface area contributed by atoms with Crippen molar-refractivity contribution in [2.45, 2.75) is 18.7 Å². The van der Waals surface area contributed by atoms with Crippen LogP contribution in [0, 0.1) is 0 Å². The highest BCUT2D eigenvalue weighted by molar-refractivity contribution is 6.30. The van der Waals surface area contributed by atoms with E-state index in [9.17, 15) is 9.59 Å². The van der Waals surface area contributed by atoms with E-state index in [1.165, 1.54) is 0 Å². The smallest absolute Gasteiger partial charge is 0.237 e. The van der Waals surface area contributed by atoms with E-state index in [1.54, 1.807) is 6.92 Å². The van der Waals surface area contributed by atoms with Crippen molar-refractivity contribution in [1.29, 1.82) is 0 Å². The zero-order valence-electron chi connectivity index (χ0n) is 6.26. The molecule has 0 saturated heterocycles. The number of hydrogen-bond acceptors (Lipinski definition) is 2. The van der Waals surface area contributed by atoms with E-state index < -0.39 is 11.3 Å². The first kappa shape index (κ1) is 10.2. The van der Waals surface area contributed by atoms with E-state index in [2.05, 4.69) is 5.32 Å². The summed E-state index contributed by atoms with van der Waals surface area (Å²) in [5.74, 6) is -0.722. The Morgan fingerprint density at radius 2 is 2.18 bits per heavy atom. The highest BCUT2D eigenvalue weighted by Gasteiger charge is 2.07. The van der Waals surface area contributed by atoms with E-state index in [0.29, 0.717) is 0 Å². The van der Waals surface area contributed by atoms with Crippen LogP contribution in [0.1, 0.15) is 13.3 Å². The first-order valence-corrected chi connectivity index (χ1v) is 3.67. The third-order valence-electron chi connectivity index (χ3n) is 1.03. The Bertz CT molecular complexity index is 159. The molecule has 0 bridgehead atoms. The molecule has 0 heterocycles. The molecule has 64 valence electrons. The first-order chi connectivity index (χ1) is 5.04. The topological polar surface area (TPSA) is 72.2 Å². The molecule has 0 fully saturated rings. The molecule has 0 radical (unpaired) electrons. The normalized spacial score (nSPS) is 12.2. The lowest BCUT2D eigenvalue weighted by Gasteiger charge is -2.03. The van der Waals surface area contributed by atoms with Gasteiger partial charge in [0.2, 0.25) is 11.8 Å². The van der Waals surface area contributed by atoms with Crippen LogP contribution in [0.5, 0.6) is 0 Å². The third kappa shape index (κ3) is 5.66. The van der Waals surface area contributed by atoms with Gasteiger partial charge in [-0.2, -0.15) is 0 Å². The van der Waals surface area contributed by atoms with Crippen LogP contribution in [0.15, 0.2) is 0 Å². The maximum Gasteiger partial charge on any atom is 0.237 e. The average Bonchev–Trinajstić information content (AvgIpc) is 1.86. The Morgan fingerprint density at radius 1 is 1.64 bits per heavy atom. The van der Waals surface area contributed by atoms with Crippen LogP contribution in [0.2, 0.25) is 0 Å². The van der Waals surface area contributed by atoms with Gasteiger partial charge in [0.25, 0.3) is 0 Å². The number of halogens is 1. The van der Waals surface area contributed by atoms with Crippen molar-refractivity contribution >= 4 is 23.4 Å². The van der Waals surface area contributed by atoms with E-state index in [4.69, 9.17) is 17.3 Å². The molecule has 0 aromatic heterocycles. The summed E-state index contributed by atoms with van der Waals surface area (Å²) < 4.78 is 0. The zero-order valence-corrected chi connectivity index (χ0v) is 7.02. The van der Waals surface area contributed by atoms with Gasteiger partial charge in [-0.3, -0.25) is 9.59 Å². The van der Waals surface area contributed by atoms with Crippen molar-refractivity contribution in [1.82, 2.24) is 5.32 Å². The van der Waals surface area contributed by atoms with E-state index in [-0.39, 0.29) is 18.9 Å². The Kier molecular flexibility index (Phi) is 4.61. The summed E-state index contributed by atoms with van der Waals surface area (Å²) in [4.78, 5) is 20.9. The number of nitrogens with two attached hydrogens (primary N) is 1. The molecule has 0 aliphatic rings. The number of carbonyl (C=O) groups is 2. The van der Waals surface area contributed by atoms with Gasteiger partial charge in [0.05, 0.1) is 0 Å². The fourth-order valence-electron chi connectivity index (χ4n) is 0.450. The predicted molar refractivity (Wildman–Crippen MR) is 42.1 cm³/mol. The molecule has 0 aromatic carbocycles. The molecule has 2 amide bonds. The van der Waals surface area contributed by atoms with E-state index >= 15 is 0 Å². The lowest BCUT2D eigenvalue weighted by atomic mass is 10.4.